The van der Waals surface area contributed by atoms with Gasteiger partial charge < -0.3 is 4.84 Å². The van der Waals surface area contributed by atoms with Crippen LogP contribution < -0.4 is 0 Å². The molecule has 0 aliphatic heterocycles. The summed E-state index contributed by atoms with van der Waals surface area (Å²) in [5.41, 5.74) is 2.90. The van der Waals surface area contributed by atoms with Crippen LogP contribution in [0.5, 0.6) is 0 Å². The number of benzene rings is 1. The maximum absolute atomic E-state index is 12.2. The summed E-state index contributed by atoms with van der Waals surface area (Å²) < 4.78 is 0. The van der Waals surface area contributed by atoms with E-state index in [1.165, 1.54) is 6.42 Å². The molecule has 3 nitrogen and oxygen atoms in total. The first-order chi connectivity index (χ1) is 9.86. The average molecular weight is 285 g/mol. The van der Waals surface area contributed by atoms with E-state index in [0.29, 0.717) is 11.5 Å². The van der Waals surface area contributed by atoms with E-state index < -0.39 is 0 Å². The topological polar surface area (TPSA) is 38.7 Å². The minimum absolute atomic E-state index is 0.0731. The van der Waals surface area contributed by atoms with Crippen LogP contribution in [-0.2, 0) is 4.84 Å². The highest BCUT2D eigenvalue weighted by Gasteiger charge is 2.60. The Morgan fingerprint density at radius 1 is 1.29 bits per heavy atom. The number of rotatable bonds is 2. The van der Waals surface area contributed by atoms with Crippen LogP contribution in [0.2, 0.25) is 0 Å². The Hall–Kier alpha value is -1.64. The number of aryl methyl sites for hydroxylation is 1. The maximum Gasteiger partial charge on any atom is 0.365 e. The average Bonchev–Trinajstić information content (AvgIpc) is 2.78. The summed E-state index contributed by atoms with van der Waals surface area (Å²) >= 11 is 0. The molecule has 0 aromatic heterocycles. The van der Waals surface area contributed by atoms with Crippen LogP contribution in [0.1, 0.15) is 56.0 Å². The summed E-state index contributed by atoms with van der Waals surface area (Å²) in [6.45, 7) is 8.80. The molecule has 112 valence electrons. The van der Waals surface area contributed by atoms with Gasteiger partial charge in [-0.05, 0) is 49.1 Å². The van der Waals surface area contributed by atoms with Gasteiger partial charge in [-0.3, -0.25) is 0 Å². The standard InChI is InChI=1S/C18H23NO2/c1-12-7-5-6-8-14(12)16(20)21-19-15-11-13-9-10-18(15,4)17(13,2)3/h5-8,13H,9-11H2,1-4H3/t13-,18-/m1/s1. The van der Waals surface area contributed by atoms with E-state index >= 15 is 0 Å². The lowest BCUT2D eigenvalue weighted by atomic mass is 9.70. The molecule has 1 aromatic rings. The van der Waals surface area contributed by atoms with Crippen LogP contribution in [0, 0.1) is 23.7 Å². The van der Waals surface area contributed by atoms with Gasteiger partial charge in [0.2, 0.25) is 0 Å². The lowest BCUT2D eigenvalue weighted by Gasteiger charge is -2.34. The highest BCUT2D eigenvalue weighted by atomic mass is 16.7. The van der Waals surface area contributed by atoms with Crippen molar-refractivity contribution in [3.63, 3.8) is 0 Å². The third-order valence-corrected chi connectivity index (χ3v) is 6.12. The van der Waals surface area contributed by atoms with Gasteiger partial charge in [-0.1, -0.05) is 44.1 Å². The SMILES string of the molecule is Cc1ccccc1C(=O)ON=C1C[C@H]2CC[C@@]1(C)C2(C)C. The van der Waals surface area contributed by atoms with Gasteiger partial charge in [0.05, 0.1) is 11.3 Å². The molecule has 3 heteroatoms. The second-order valence-corrected chi connectivity index (χ2v) is 7.23. The van der Waals surface area contributed by atoms with Gasteiger partial charge in [0.1, 0.15) is 0 Å². The van der Waals surface area contributed by atoms with Gasteiger partial charge in [0, 0.05) is 5.41 Å². The molecule has 1 aromatic carbocycles. The molecule has 2 atom stereocenters. The Kier molecular flexibility index (Phi) is 3.19. The summed E-state index contributed by atoms with van der Waals surface area (Å²) in [7, 11) is 0. The maximum atomic E-state index is 12.2. The second-order valence-electron chi connectivity index (χ2n) is 7.23. The number of carbonyl (C=O) groups is 1. The molecule has 2 bridgehead atoms. The Bertz CT molecular complexity index is 617. The fourth-order valence-corrected chi connectivity index (χ4v) is 4.01. The van der Waals surface area contributed by atoms with E-state index in [1.54, 1.807) is 6.07 Å². The zero-order valence-electron chi connectivity index (χ0n) is 13.3. The van der Waals surface area contributed by atoms with Crippen LogP contribution in [0.4, 0.5) is 0 Å². The van der Waals surface area contributed by atoms with Crippen LogP contribution in [0.15, 0.2) is 29.4 Å². The molecule has 0 N–H and O–H groups in total. The Labute approximate surface area is 126 Å². The van der Waals surface area contributed by atoms with E-state index in [2.05, 4.69) is 25.9 Å². The molecule has 0 saturated heterocycles. The van der Waals surface area contributed by atoms with Crippen LogP contribution >= 0.6 is 0 Å². The first-order valence-electron chi connectivity index (χ1n) is 7.70. The molecule has 2 saturated carbocycles. The monoisotopic (exact) mass is 285 g/mol. The summed E-state index contributed by atoms with van der Waals surface area (Å²) in [5, 5.41) is 4.26. The number of nitrogens with zero attached hydrogens (tertiary/aromatic N) is 1. The second kappa shape index (κ2) is 4.69. The van der Waals surface area contributed by atoms with E-state index in [-0.39, 0.29) is 16.8 Å². The number of oxime groups is 1. The third kappa shape index (κ3) is 2.02. The van der Waals surface area contributed by atoms with E-state index in [0.717, 1.165) is 24.1 Å². The van der Waals surface area contributed by atoms with Crippen molar-refractivity contribution in [3.05, 3.63) is 35.4 Å². The van der Waals surface area contributed by atoms with Crippen molar-refractivity contribution in [3.8, 4) is 0 Å². The molecular weight excluding hydrogens is 262 g/mol. The number of hydrogen-bond acceptors (Lipinski definition) is 3. The van der Waals surface area contributed by atoms with Crippen molar-refractivity contribution >= 4 is 11.7 Å². The van der Waals surface area contributed by atoms with Crippen molar-refractivity contribution in [1.29, 1.82) is 0 Å². The predicted octanol–water partition coefficient (Wildman–Crippen LogP) is 4.35. The molecular formula is C18H23NO2. The molecule has 2 fully saturated rings. The first-order valence-corrected chi connectivity index (χ1v) is 7.70. The van der Waals surface area contributed by atoms with E-state index in [9.17, 15) is 4.79 Å². The largest absolute Gasteiger partial charge is 0.365 e. The molecule has 0 spiro atoms. The van der Waals surface area contributed by atoms with Gasteiger partial charge in [0.15, 0.2) is 0 Å². The van der Waals surface area contributed by atoms with E-state index in [4.69, 9.17) is 4.84 Å². The Balaban J connectivity index is 1.79. The predicted molar refractivity (Wildman–Crippen MR) is 83.3 cm³/mol. The van der Waals surface area contributed by atoms with Crippen molar-refractivity contribution < 1.29 is 9.63 Å². The summed E-state index contributed by atoms with van der Waals surface area (Å²) in [6.07, 6.45) is 3.37. The molecule has 2 aliphatic carbocycles. The molecule has 0 unspecified atom stereocenters. The number of fused-ring (bicyclic) bond motifs is 2. The van der Waals surface area contributed by atoms with Crippen molar-refractivity contribution in [1.82, 2.24) is 0 Å². The zero-order valence-corrected chi connectivity index (χ0v) is 13.3. The van der Waals surface area contributed by atoms with Gasteiger partial charge in [-0.2, -0.15) is 0 Å². The summed E-state index contributed by atoms with van der Waals surface area (Å²) in [5.74, 6) is 0.309. The Morgan fingerprint density at radius 2 is 2.00 bits per heavy atom. The fraction of sp³-hybridized carbons (Fsp3) is 0.556. The molecule has 3 rings (SSSR count). The van der Waals surface area contributed by atoms with Crippen LogP contribution in [-0.4, -0.2) is 11.7 Å². The molecule has 0 radical (unpaired) electrons. The highest BCUT2D eigenvalue weighted by Crippen LogP contribution is 2.63. The van der Waals surface area contributed by atoms with Gasteiger partial charge in [0.25, 0.3) is 0 Å². The van der Waals surface area contributed by atoms with Crippen LogP contribution in [0.3, 0.4) is 0 Å². The normalized spacial score (nSPS) is 31.6. The van der Waals surface area contributed by atoms with Gasteiger partial charge in [-0.25, -0.2) is 4.79 Å². The van der Waals surface area contributed by atoms with Crippen molar-refractivity contribution in [2.75, 3.05) is 0 Å². The summed E-state index contributed by atoms with van der Waals surface area (Å²) in [4.78, 5) is 17.4. The lowest BCUT2D eigenvalue weighted by Crippen LogP contribution is -2.32. The molecule has 0 heterocycles. The van der Waals surface area contributed by atoms with Gasteiger partial charge >= 0.3 is 5.97 Å². The van der Waals surface area contributed by atoms with Crippen LogP contribution in [0.25, 0.3) is 0 Å². The summed E-state index contributed by atoms with van der Waals surface area (Å²) in [6, 6.07) is 7.45. The minimum atomic E-state index is -0.357. The highest BCUT2D eigenvalue weighted by molar-refractivity contribution is 5.96. The van der Waals surface area contributed by atoms with Crippen molar-refractivity contribution in [2.45, 2.75) is 47.0 Å². The number of hydrogen-bond donors (Lipinski definition) is 0. The number of carbonyl (C=O) groups excluding carboxylic acids is 1. The zero-order chi connectivity index (χ0) is 15.3. The Morgan fingerprint density at radius 3 is 2.57 bits per heavy atom. The van der Waals surface area contributed by atoms with Crippen molar-refractivity contribution in [2.24, 2.45) is 21.9 Å². The molecule has 21 heavy (non-hydrogen) atoms. The quantitative estimate of drug-likeness (QED) is 0.598. The van der Waals surface area contributed by atoms with E-state index in [1.807, 2.05) is 25.1 Å². The third-order valence-electron chi connectivity index (χ3n) is 6.12. The lowest BCUT2D eigenvalue weighted by molar-refractivity contribution is 0.0507. The molecule has 2 aliphatic rings. The fourth-order valence-electron chi connectivity index (χ4n) is 4.01. The molecule has 0 amide bonds. The van der Waals surface area contributed by atoms with Gasteiger partial charge in [-0.15, -0.1) is 0 Å². The first kappa shape index (κ1) is 14.3. The minimum Gasteiger partial charge on any atom is -0.313 e. The smallest absolute Gasteiger partial charge is 0.313 e.